The Morgan fingerprint density at radius 2 is 1.77 bits per heavy atom. The van der Waals surface area contributed by atoms with Crippen LogP contribution in [0.1, 0.15) is 17.7 Å². The average molecular weight is 308 g/mol. The summed E-state index contributed by atoms with van der Waals surface area (Å²) in [5.41, 5.74) is -2.49. The summed E-state index contributed by atoms with van der Waals surface area (Å²) in [6.07, 6.45) is 2.17. The molecular formula is C15H11F3N2O2. The Morgan fingerprint density at radius 1 is 1.09 bits per heavy atom. The molecular weight excluding hydrogens is 297 g/mol. The standard InChI is InChI=1S/C15H11F3N2O2/c16-9-4-6-10(7-5-9)20-13(21)11-3-1-2-8-15(17,18)12(11)19-14(20)22/h1-2,4-7H,3,8H2,(H,19,22). The molecule has 22 heavy (non-hydrogen) atoms. The monoisotopic (exact) mass is 308 g/mol. The van der Waals surface area contributed by atoms with Gasteiger partial charge in [0.15, 0.2) is 0 Å². The molecule has 0 unspecified atom stereocenters. The van der Waals surface area contributed by atoms with E-state index in [0.29, 0.717) is 0 Å². The van der Waals surface area contributed by atoms with Crippen molar-refractivity contribution < 1.29 is 13.2 Å². The first-order chi connectivity index (χ1) is 10.4. The first kappa shape index (κ1) is 14.4. The molecule has 114 valence electrons. The van der Waals surface area contributed by atoms with Crippen molar-refractivity contribution in [1.82, 2.24) is 9.55 Å². The van der Waals surface area contributed by atoms with Crippen molar-refractivity contribution in [3.8, 4) is 5.69 Å². The van der Waals surface area contributed by atoms with E-state index in [2.05, 4.69) is 4.98 Å². The number of fused-ring (bicyclic) bond motifs is 1. The lowest BCUT2D eigenvalue weighted by Crippen LogP contribution is -2.39. The summed E-state index contributed by atoms with van der Waals surface area (Å²) in [6, 6.07) is 4.65. The smallest absolute Gasteiger partial charge is 0.305 e. The van der Waals surface area contributed by atoms with Crippen molar-refractivity contribution in [2.45, 2.75) is 18.8 Å². The topological polar surface area (TPSA) is 54.9 Å². The molecule has 4 nitrogen and oxygen atoms in total. The Labute approximate surface area is 122 Å². The number of H-pyrrole nitrogens is 1. The number of allylic oxidation sites excluding steroid dienone is 2. The molecule has 1 aromatic carbocycles. The lowest BCUT2D eigenvalue weighted by Gasteiger charge is -2.17. The molecule has 7 heteroatoms. The van der Waals surface area contributed by atoms with E-state index >= 15 is 0 Å². The van der Waals surface area contributed by atoms with Gasteiger partial charge in [0.05, 0.1) is 11.4 Å². The van der Waals surface area contributed by atoms with Gasteiger partial charge in [-0.1, -0.05) is 12.2 Å². The number of alkyl halides is 2. The van der Waals surface area contributed by atoms with E-state index in [9.17, 15) is 22.8 Å². The van der Waals surface area contributed by atoms with Crippen LogP contribution in [0.5, 0.6) is 0 Å². The number of benzene rings is 1. The maximum atomic E-state index is 14.0. The minimum Gasteiger partial charge on any atom is -0.305 e. The van der Waals surface area contributed by atoms with Crippen LogP contribution in [0.15, 0.2) is 46.0 Å². The summed E-state index contributed by atoms with van der Waals surface area (Å²) in [7, 11) is 0. The third kappa shape index (κ3) is 2.28. The molecule has 0 aliphatic heterocycles. The molecule has 0 radical (unpaired) electrons. The molecule has 1 aromatic heterocycles. The second-order valence-corrected chi connectivity index (χ2v) is 4.98. The zero-order valence-corrected chi connectivity index (χ0v) is 11.3. The number of hydrogen-bond acceptors (Lipinski definition) is 2. The lowest BCUT2D eigenvalue weighted by molar-refractivity contribution is -0.00620. The van der Waals surface area contributed by atoms with E-state index in [-0.39, 0.29) is 17.7 Å². The van der Waals surface area contributed by atoms with Crippen molar-refractivity contribution in [1.29, 1.82) is 0 Å². The molecule has 1 aliphatic rings. The predicted molar refractivity (Wildman–Crippen MR) is 74.0 cm³/mol. The van der Waals surface area contributed by atoms with Gasteiger partial charge in [0, 0.05) is 12.0 Å². The van der Waals surface area contributed by atoms with Crippen molar-refractivity contribution in [2.24, 2.45) is 0 Å². The molecule has 0 atom stereocenters. The van der Waals surface area contributed by atoms with Gasteiger partial charge in [-0.2, -0.15) is 8.78 Å². The largest absolute Gasteiger partial charge is 0.333 e. The molecule has 0 saturated carbocycles. The third-order valence-corrected chi connectivity index (χ3v) is 3.51. The van der Waals surface area contributed by atoms with Gasteiger partial charge in [-0.25, -0.2) is 13.8 Å². The van der Waals surface area contributed by atoms with E-state index < -0.39 is 35.1 Å². The Hall–Kier alpha value is -2.57. The van der Waals surface area contributed by atoms with Crippen LogP contribution >= 0.6 is 0 Å². The number of nitrogens with zero attached hydrogens (tertiary/aromatic N) is 1. The van der Waals surface area contributed by atoms with Crippen LogP contribution in [0.25, 0.3) is 5.69 Å². The molecule has 1 heterocycles. The van der Waals surface area contributed by atoms with Gasteiger partial charge < -0.3 is 4.98 Å². The summed E-state index contributed by atoms with van der Waals surface area (Å²) in [5.74, 6) is -3.83. The average Bonchev–Trinajstić information content (AvgIpc) is 2.60. The molecule has 3 rings (SSSR count). The summed E-state index contributed by atoms with van der Waals surface area (Å²) in [4.78, 5) is 26.6. The zero-order chi connectivity index (χ0) is 15.9. The highest BCUT2D eigenvalue weighted by Crippen LogP contribution is 2.33. The van der Waals surface area contributed by atoms with Gasteiger partial charge >= 0.3 is 5.69 Å². The Morgan fingerprint density at radius 3 is 2.45 bits per heavy atom. The van der Waals surface area contributed by atoms with Crippen LogP contribution < -0.4 is 11.2 Å². The highest BCUT2D eigenvalue weighted by molar-refractivity contribution is 5.35. The van der Waals surface area contributed by atoms with Crippen molar-refractivity contribution in [3.05, 3.63) is 74.3 Å². The molecule has 0 fully saturated rings. The zero-order valence-electron chi connectivity index (χ0n) is 11.3. The van der Waals surface area contributed by atoms with Crippen molar-refractivity contribution >= 4 is 0 Å². The van der Waals surface area contributed by atoms with E-state index in [0.717, 1.165) is 16.7 Å². The quantitative estimate of drug-likeness (QED) is 0.822. The second-order valence-electron chi connectivity index (χ2n) is 4.98. The van der Waals surface area contributed by atoms with Crippen molar-refractivity contribution in [3.63, 3.8) is 0 Å². The number of aromatic amines is 1. The Kier molecular flexibility index (Phi) is 3.27. The molecule has 0 spiro atoms. The molecule has 0 bridgehead atoms. The summed E-state index contributed by atoms with van der Waals surface area (Å²) in [5, 5.41) is 0. The maximum Gasteiger partial charge on any atom is 0.333 e. The lowest BCUT2D eigenvalue weighted by atomic mass is 10.1. The van der Waals surface area contributed by atoms with Crippen LogP contribution in [0.2, 0.25) is 0 Å². The summed E-state index contributed by atoms with van der Waals surface area (Å²) >= 11 is 0. The predicted octanol–water partition coefficient (Wildman–Crippen LogP) is 2.26. The van der Waals surface area contributed by atoms with Crippen LogP contribution in [0.3, 0.4) is 0 Å². The van der Waals surface area contributed by atoms with E-state index in [1.165, 1.54) is 24.3 Å². The number of nitrogens with one attached hydrogen (secondary N) is 1. The number of rotatable bonds is 1. The first-order valence-corrected chi connectivity index (χ1v) is 6.57. The fourth-order valence-corrected chi connectivity index (χ4v) is 2.43. The SMILES string of the molecule is O=c1[nH]c2c(c(=O)n1-c1ccc(F)cc1)CC=CCC2(F)F. The number of aromatic nitrogens is 2. The normalized spacial score (nSPS) is 16.1. The van der Waals surface area contributed by atoms with Gasteiger partial charge in [0.2, 0.25) is 0 Å². The first-order valence-electron chi connectivity index (χ1n) is 6.57. The highest BCUT2D eigenvalue weighted by atomic mass is 19.3. The Balaban J connectivity index is 2.30. The van der Waals surface area contributed by atoms with Gasteiger partial charge in [-0.3, -0.25) is 4.79 Å². The van der Waals surface area contributed by atoms with Crippen LogP contribution in [0.4, 0.5) is 13.2 Å². The van der Waals surface area contributed by atoms with Gasteiger partial charge in [0.1, 0.15) is 5.82 Å². The molecule has 0 amide bonds. The van der Waals surface area contributed by atoms with Gasteiger partial charge in [-0.15, -0.1) is 0 Å². The van der Waals surface area contributed by atoms with E-state index in [1.807, 2.05) is 0 Å². The van der Waals surface area contributed by atoms with Crippen molar-refractivity contribution in [2.75, 3.05) is 0 Å². The third-order valence-electron chi connectivity index (χ3n) is 3.51. The minimum absolute atomic E-state index is 0.00172. The van der Waals surface area contributed by atoms with Gasteiger partial charge in [-0.05, 0) is 30.7 Å². The number of halogens is 3. The van der Waals surface area contributed by atoms with Gasteiger partial charge in [0.25, 0.3) is 11.5 Å². The summed E-state index contributed by atoms with van der Waals surface area (Å²) in [6.45, 7) is 0. The number of hydrogen-bond donors (Lipinski definition) is 1. The summed E-state index contributed by atoms with van der Waals surface area (Å²) < 4.78 is 41.7. The maximum absolute atomic E-state index is 14.0. The van der Waals surface area contributed by atoms with E-state index in [4.69, 9.17) is 0 Å². The molecule has 0 saturated heterocycles. The van der Waals surface area contributed by atoms with Crippen LogP contribution in [-0.4, -0.2) is 9.55 Å². The Bertz CT molecular complexity index is 864. The fraction of sp³-hybridized carbons (Fsp3) is 0.200. The molecule has 2 aromatic rings. The van der Waals surface area contributed by atoms with E-state index in [1.54, 1.807) is 0 Å². The van der Waals surface area contributed by atoms with Crippen LogP contribution in [-0.2, 0) is 12.3 Å². The second kappa shape index (κ2) is 5.01. The highest BCUT2D eigenvalue weighted by Gasteiger charge is 2.37. The molecule has 1 aliphatic carbocycles. The van der Waals surface area contributed by atoms with Crippen LogP contribution in [0, 0.1) is 5.82 Å². The minimum atomic E-state index is -3.30. The fourth-order valence-electron chi connectivity index (χ4n) is 2.43. The molecule has 1 N–H and O–H groups in total.